The van der Waals surface area contributed by atoms with Gasteiger partial charge in [-0.15, -0.1) is 0 Å². The quantitative estimate of drug-likeness (QED) is 0.731. The van der Waals surface area contributed by atoms with Crippen molar-refractivity contribution in [2.75, 3.05) is 26.7 Å². The maximum absolute atomic E-state index is 12.3. The molecule has 1 atom stereocenters. The van der Waals surface area contributed by atoms with Gasteiger partial charge in [0.05, 0.1) is 19.1 Å². The fourth-order valence-corrected chi connectivity index (χ4v) is 2.38. The number of hydrogen-bond acceptors (Lipinski definition) is 3. The van der Waals surface area contributed by atoms with Crippen LogP contribution in [0.4, 0.5) is 0 Å². The zero-order chi connectivity index (χ0) is 17.2. The highest BCUT2D eigenvalue weighted by Gasteiger charge is 2.19. The molecule has 5 heteroatoms. The van der Waals surface area contributed by atoms with Gasteiger partial charge in [-0.3, -0.25) is 14.5 Å². The van der Waals surface area contributed by atoms with Gasteiger partial charge in [0.15, 0.2) is 0 Å². The Morgan fingerprint density at radius 3 is 2.26 bits per heavy atom. The minimum Gasteiger partial charge on any atom is -0.355 e. The van der Waals surface area contributed by atoms with E-state index < -0.39 is 0 Å². The van der Waals surface area contributed by atoms with E-state index in [2.05, 4.69) is 24.5 Å². The fourth-order valence-electron chi connectivity index (χ4n) is 2.38. The summed E-state index contributed by atoms with van der Waals surface area (Å²) < 4.78 is 0. The molecule has 0 saturated carbocycles. The predicted octanol–water partition coefficient (Wildman–Crippen LogP) is 1.96. The molecule has 0 bridgehead atoms. The van der Waals surface area contributed by atoms with E-state index in [-0.39, 0.29) is 30.9 Å². The number of likely N-dealkylation sites (N-methyl/N-ethyl adjacent to an activating group) is 1. The largest absolute Gasteiger partial charge is 0.355 e. The third-order valence-electron chi connectivity index (χ3n) is 3.54. The first-order valence-electron chi connectivity index (χ1n) is 8.23. The first-order valence-corrected chi connectivity index (χ1v) is 8.23. The molecule has 1 rings (SSSR count). The molecule has 128 valence electrons. The Bertz CT molecular complexity index is 488. The predicted molar refractivity (Wildman–Crippen MR) is 93.0 cm³/mol. The number of carbonyl (C=O) groups is 2. The Kier molecular flexibility index (Phi) is 8.33. The normalized spacial score (nSPS) is 12.3. The van der Waals surface area contributed by atoms with Crippen LogP contribution in [0.25, 0.3) is 0 Å². The van der Waals surface area contributed by atoms with Crippen molar-refractivity contribution in [2.24, 2.45) is 5.92 Å². The summed E-state index contributed by atoms with van der Waals surface area (Å²) in [5.74, 6) is 0.170. The molecule has 0 aromatic heterocycles. The molecule has 1 aromatic rings. The molecule has 2 amide bonds. The average molecular weight is 319 g/mol. The van der Waals surface area contributed by atoms with Crippen LogP contribution in [0.3, 0.4) is 0 Å². The summed E-state index contributed by atoms with van der Waals surface area (Å²) in [7, 11) is 1.78. The Hall–Kier alpha value is -1.88. The molecule has 0 fully saturated rings. The van der Waals surface area contributed by atoms with Gasteiger partial charge in [-0.1, -0.05) is 51.1 Å². The second-order valence-electron chi connectivity index (χ2n) is 6.22. The van der Waals surface area contributed by atoms with E-state index in [1.807, 2.05) is 37.3 Å². The summed E-state index contributed by atoms with van der Waals surface area (Å²) >= 11 is 0. The molecule has 5 nitrogen and oxygen atoms in total. The zero-order valence-corrected chi connectivity index (χ0v) is 14.6. The molecule has 23 heavy (non-hydrogen) atoms. The molecule has 0 unspecified atom stereocenters. The highest BCUT2D eigenvalue weighted by Crippen LogP contribution is 2.21. The third kappa shape index (κ3) is 7.28. The van der Waals surface area contributed by atoms with E-state index in [9.17, 15) is 9.59 Å². The van der Waals surface area contributed by atoms with Gasteiger partial charge in [0.1, 0.15) is 0 Å². The molecule has 0 saturated heterocycles. The molecule has 0 aliphatic carbocycles. The van der Waals surface area contributed by atoms with Crippen LogP contribution in [0, 0.1) is 5.92 Å². The van der Waals surface area contributed by atoms with Crippen LogP contribution in [0.5, 0.6) is 0 Å². The lowest BCUT2D eigenvalue weighted by Crippen LogP contribution is -2.42. The minimum atomic E-state index is -0.0710. The lowest BCUT2D eigenvalue weighted by atomic mass is 9.96. The third-order valence-corrected chi connectivity index (χ3v) is 3.54. The van der Waals surface area contributed by atoms with Crippen molar-refractivity contribution in [1.82, 2.24) is 15.5 Å². The smallest absolute Gasteiger partial charge is 0.234 e. The summed E-state index contributed by atoms with van der Waals surface area (Å²) in [5, 5.41) is 5.88. The van der Waals surface area contributed by atoms with E-state index in [0.717, 1.165) is 12.0 Å². The summed E-state index contributed by atoms with van der Waals surface area (Å²) in [6, 6.07) is 9.93. The molecular weight excluding hydrogens is 290 g/mol. The maximum atomic E-state index is 12.3. The molecule has 0 radical (unpaired) electrons. The highest BCUT2D eigenvalue weighted by molar-refractivity contribution is 5.81. The summed E-state index contributed by atoms with van der Waals surface area (Å²) in [4.78, 5) is 25.6. The van der Waals surface area contributed by atoms with Crippen molar-refractivity contribution in [3.8, 4) is 0 Å². The van der Waals surface area contributed by atoms with Crippen molar-refractivity contribution in [3.05, 3.63) is 35.9 Å². The molecule has 0 spiro atoms. The Labute approximate surface area is 139 Å². The zero-order valence-electron chi connectivity index (χ0n) is 14.6. The van der Waals surface area contributed by atoms with Gasteiger partial charge < -0.3 is 10.6 Å². The molecule has 1 aromatic carbocycles. The number of hydrogen-bond donors (Lipinski definition) is 2. The van der Waals surface area contributed by atoms with Crippen LogP contribution in [0.2, 0.25) is 0 Å². The second-order valence-corrected chi connectivity index (χ2v) is 6.22. The number of benzene rings is 1. The van der Waals surface area contributed by atoms with E-state index in [4.69, 9.17) is 0 Å². The van der Waals surface area contributed by atoms with Crippen molar-refractivity contribution in [2.45, 2.75) is 33.2 Å². The van der Waals surface area contributed by atoms with Crippen molar-refractivity contribution >= 4 is 11.8 Å². The second kappa shape index (κ2) is 10.0. The van der Waals surface area contributed by atoms with Crippen LogP contribution < -0.4 is 10.6 Å². The van der Waals surface area contributed by atoms with Gasteiger partial charge in [-0.2, -0.15) is 0 Å². The number of nitrogens with zero attached hydrogens (tertiary/aromatic N) is 1. The Balaban J connectivity index is 2.51. The van der Waals surface area contributed by atoms with Gasteiger partial charge in [-0.25, -0.2) is 0 Å². The molecule has 2 N–H and O–H groups in total. The number of carbonyl (C=O) groups excluding carboxylic acids is 2. The standard InChI is InChI=1S/C18H29N3O2/c1-5-11-19-16(22)12-21(4)13-17(23)20-18(14(2)3)15-9-7-6-8-10-15/h6-10,14,18H,5,11-13H2,1-4H3,(H,19,22)(H,20,23)/t18-/m0/s1. The van der Waals surface area contributed by atoms with Crippen LogP contribution in [-0.2, 0) is 9.59 Å². The van der Waals surface area contributed by atoms with E-state index in [1.54, 1.807) is 11.9 Å². The van der Waals surface area contributed by atoms with Crippen molar-refractivity contribution in [1.29, 1.82) is 0 Å². The maximum Gasteiger partial charge on any atom is 0.234 e. The summed E-state index contributed by atoms with van der Waals surface area (Å²) in [6.07, 6.45) is 0.906. The van der Waals surface area contributed by atoms with E-state index in [1.165, 1.54) is 0 Å². The first-order chi connectivity index (χ1) is 10.9. The van der Waals surface area contributed by atoms with E-state index in [0.29, 0.717) is 12.5 Å². The molecular formula is C18H29N3O2. The van der Waals surface area contributed by atoms with Crippen LogP contribution in [-0.4, -0.2) is 43.4 Å². The topological polar surface area (TPSA) is 61.4 Å². The first kappa shape index (κ1) is 19.2. The molecule has 0 aliphatic heterocycles. The number of nitrogens with one attached hydrogen (secondary N) is 2. The molecule has 0 aliphatic rings. The minimum absolute atomic E-state index is 0.0222. The molecule has 0 heterocycles. The van der Waals surface area contributed by atoms with Crippen LogP contribution in [0.1, 0.15) is 38.8 Å². The Morgan fingerprint density at radius 2 is 1.70 bits per heavy atom. The van der Waals surface area contributed by atoms with Gasteiger partial charge in [0, 0.05) is 6.54 Å². The van der Waals surface area contributed by atoms with Crippen molar-refractivity contribution < 1.29 is 9.59 Å². The van der Waals surface area contributed by atoms with Crippen LogP contribution in [0.15, 0.2) is 30.3 Å². The average Bonchev–Trinajstić information content (AvgIpc) is 2.51. The van der Waals surface area contributed by atoms with Crippen molar-refractivity contribution in [3.63, 3.8) is 0 Å². The van der Waals surface area contributed by atoms with Crippen LogP contribution >= 0.6 is 0 Å². The SMILES string of the molecule is CCCNC(=O)CN(C)CC(=O)N[C@H](c1ccccc1)C(C)C. The Morgan fingerprint density at radius 1 is 1.09 bits per heavy atom. The van der Waals surface area contributed by atoms with Gasteiger partial charge >= 0.3 is 0 Å². The summed E-state index contributed by atoms with van der Waals surface area (Å²) in [5.41, 5.74) is 1.10. The number of amides is 2. The lowest BCUT2D eigenvalue weighted by molar-refractivity contribution is -0.125. The summed E-state index contributed by atoms with van der Waals surface area (Å²) in [6.45, 7) is 7.27. The number of rotatable bonds is 9. The highest BCUT2D eigenvalue weighted by atomic mass is 16.2. The van der Waals surface area contributed by atoms with Gasteiger partial charge in [0.2, 0.25) is 11.8 Å². The van der Waals surface area contributed by atoms with Gasteiger partial charge in [0.25, 0.3) is 0 Å². The van der Waals surface area contributed by atoms with E-state index >= 15 is 0 Å². The lowest BCUT2D eigenvalue weighted by Gasteiger charge is -2.24. The monoisotopic (exact) mass is 319 g/mol. The van der Waals surface area contributed by atoms with Gasteiger partial charge in [-0.05, 0) is 24.9 Å². The fraction of sp³-hybridized carbons (Fsp3) is 0.556.